The minimum absolute atomic E-state index is 0.0327. The van der Waals surface area contributed by atoms with E-state index in [0.717, 1.165) is 37.1 Å². The number of carbonyl (C=O) groups is 1. The Balaban J connectivity index is 2.09. The highest BCUT2D eigenvalue weighted by Gasteiger charge is 2.20. The average Bonchev–Trinajstić information content (AvgIpc) is 2.48. The van der Waals surface area contributed by atoms with E-state index in [1.807, 2.05) is 25.1 Å². The molecule has 0 radical (unpaired) electrons. The maximum absolute atomic E-state index is 12.4. The zero-order valence-corrected chi connectivity index (χ0v) is 12.6. The van der Waals surface area contributed by atoms with Gasteiger partial charge in [-0.15, -0.1) is 0 Å². The lowest BCUT2D eigenvalue weighted by molar-refractivity contribution is 0.0916. The summed E-state index contributed by atoms with van der Waals surface area (Å²) in [6, 6.07) is 5.77. The summed E-state index contributed by atoms with van der Waals surface area (Å²) < 4.78 is 0. The molecule has 0 aromatic heterocycles. The van der Waals surface area contributed by atoms with Crippen molar-refractivity contribution in [3.05, 3.63) is 34.9 Å². The van der Waals surface area contributed by atoms with Crippen LogP contribution in [0.3, 0.4) is 0 Å². The second-order valence-corrected chi connectivity index (χ2v) is 5.49. The summed E-state index contributed by atoms with van der Waals surface area (Å²) in [6.07, 6.45) is 1.98. The van der Waals surface area contributed by atoms with Crippen LogP contribution in [-0.2, 0) is 0 Å². The van der Waals surface area contributed by atoms with Gasteiger partial charge in [0.05, 0.1) is 0 Å². The molecule has 21 heavy (non-hydrogen) atoms. The van der Waals surface area contributed by atoms with Crippen LogP contribution in [-0.4, -0.2) is 48.7 Å². The van der Waals surface area contributed by atoms with Crippen molar-refractivity contribution in [2.24, 2.45) is 0 Å². The Bertz CT molecular complexity index is 564. The molecule has 1 fully saturated rings. The van der Waals surface area contributed by atoms with Crippen molar-refractivity contribution < 1.29 is 9.90 Å². The van der Waals surface area contributed by atoms with Gasteiger partial charge in [-0.05, 0) is 57.6 Å². The molecular formula is C17H22N2O2. The number of likely N-dealkylation sites (tertiary alicyclic amines) is 1. The third-order valence-corrected chi connectivity index (χ3v) is 3.93. The van der Waals surface area contributed by atoms with Crippen LogP contribution in [0.25, 0.3) is 0 Å². The van der Waals surface area contributed by atoms with Crippen LogP contribution in [0.5, 0.6) is 0 Å². The van der Waals surface area contributed by atoms with Crippen molar-refractivity contribution in [2.45, 2.75) is 25.8 Å². The molecule has 0 unspecified atom stereocenters. The van der Waals surface area contributed by atoms with Gasteiger partial charge < -0.3 is 15.3 Å². The Labute approximate surface area is 126 Å². The Kier molecular flexibility index (Phi) is 5.38. The Morgan fingerprint density at radius 2 is 2.14 bits per heavy atom. The molecule has 0 aliphatic carbocycles. The fourth-order valence-corrected chi connectivity index (χ4v) is 2.57. The molecule has 2 N–H and O–H groups in total. The summed E-state index contributed by atoms with van der Waals surface area (Å²) in [4.78, 5) is 14.7. The number of aliphatic hydroxyl groups excluding tert-OH is 1. The second-order valence-electron chi connectivity index (χ2n) is 5.49. The van der Waals surface area contributed by atoms with Crippen molar-refractivity contribution in [3.63, 3.8) is 0 Å². The molecule has 1 aromatic rings. The van der Waals surface area contributed by atoms with Gasteiger partial charge in [-0.2, -0.15) is 0 Å². The molecule has 0 atom stereocenters. The van der Waals surface area contributed by atoms with Gasteiger partial charge in [0, 0.05) is 17.2 Å². The van der Waals surface area contributed by atoms with Gasteiger partial charge in [-0.25, -0.2) is 0 Å². The predicted molar refractivity (Wildman–Crippen MR) is 83.1 cm³/mol. The number of aliphatic hydroxyl groups is 1. The minimum atomic E-state index is -0.175. The predicted octanol–water partition coefficient (Wildman–Crippen LogP) is 1.16. The van der Waals surface area contributed by atoms with Crippen molar-refractivity contribution in [1.82, 2.24) is 10.2 Å². The van der Waals surface area contributed by atoms with Crippen molar-refractivity contribution in [3.8, 4) is 11.8 Å². The molecule has 1 aliphatic heterocycles. The van der Waals surface area contributed by atoms with E-state index in [9.17, 15) is 4.79 Å². The molecule has 112 valence electrons. The van der Waals surface area contributed by atoms with Crippen LogP contribution in [0.4, 0.5) is 0 Å². The monoisotopic (exact) mass is 286 g/mol. The van der Waals surface area contributed by atoms with Gasteiger partial charge >= 0.3 is 0 Å². The van der Waals surface area contributed by atoms with Crippen molar-refractivity contribution in [2.75, 3.05) is 26.7 Å². The summed E-state index contributed by atoms with van der Waals surface area (Å²) in [6.45, 7) is 3.76. The molecule has 4 nitrogen and oxygen atoms in total. The second kappa shape index (κ2) is 7.26. The van der Waals surface area contributed by atoms with Gasteiger partial charge in [0.2, 0.25) is 0 Å². The third-order valence-electron chi connectivity index (χ3n) is 3.93. The van der Waals surface area contributed by atoms with E-state index in [1.165, 1.54) is 0 Å². The molecule has 1 aromatic carbocycles. The molecular weight excluding hydrogens is 264 g/mol. The normalized spacial score (nSPS) is 16.1. The number of benzene rings is 1. The molecule has 1 saturated heterocycles. The van der Waals surface area contributed by atoms with Crippen LogP contribution in [0.15, 0.2) is 18.2 Å². The summed E-state index contributed by atoms with van der Waals surface area (Å²) in [5.74, 6) is 5.47. The van der Waals surface area contributed by atoms with E-state index in [0.29, 0.717) is 5.56 Å². The topological polar surface area (TPSA) is 52.6 Å². The van der Waals surface area contributed by atoms with Crippen LogP contribution in [0, 0.1) is 18.8 Å². The van der Waals surface area contributed by atoms with Gasteiger partial charge in [0.25, 0.3) is 5.91 Å². The fraction of sp³-hybridized carbons (Fsp3) is 0.471. The first-order valence-electron chi connectivity index (χ1n) is 7.30. The first-order valence-corrected chi connectivity index (χ1v) is 7.30. The van der Waals surface area contributed by atoms with E-state index in [2.05, 4.69) is 29.1 Å². The van der Waals surface area contributed by atoms with E-state index in [4.69, 9.17) is 5.11 Å². The maximum Gasteiger partial charge on any atom is 0.251 e. The lowest BCUT2D eigenvalue weighted by atomic mass is 10.0. The first kappa shape index (κ1) is 15.6. The number of amides is 1. The zero-order valence-electron chi connectivity index (χ0n) is 12.6. The highest BCUT2D eigenvalue weighted by molar-refractivity contribution is 5.96. The molecule has 0 bridgehead atoms. The SMILES string of the molecule is Cc1c(C#CCO)cccc1C(=O)NC1CCN(C)CC1. The molecule has 2 rings (SSSR count). The first-order chi connectivity index (χ1) is 10.1. The van der Waals surface area contributed by atoms with Gasteiger partial charge in [0.1, 0.15) is 6.61 Å². The maximum atomic E-state index is 12.4. The summed E-state index contributed by atoms with van der Waals surface area (Å²) in [7, 11) is 2.10. The molecule has 1 amide bonds. The zero-order chi connectivity index (χ0) is 15.2. The van der Waals surface area contributed by atoms with E-state index < -0.39 is 0 Å². The van der Waals surface area contributed by atoms with Gasteiger partial charge in [-0.1, -0.05) is 17.9 Å². The van der Waals surface area contributed by atoms with Gasteiger partial charge in [-0.3, -0.25) is 4.79 Å². The number of hydrogen-bond acceptors (Lipinski definition) is 3. The Hall–Kier alpha value is -1.83. The van der Waals surface area contributed by atoms with Gasteiger partial charge in [0.15, 0.2) is 0 Å². The summed E-state index contributed by atoms with van der Waals surface area (Å²) >= 11 is 0. The molecule has 1 heterocycles. The lowest BCUT2D eigenvalue weighted by Crippen LogP contribution is -2.43. The van der Waals surface area contributed by atoms with Crippen LogP contribution >= 0.6 is 0 Å². The van der Waals surface area contributed by atoms with E-state index in [-0.39, 0.29) is 18.6 Å². The lowest BCUT2D eigenvalue weighted by Gasteiger charge is -2.29. The minimum Gasteiger partial charge on any atom is -0.384 e. The average molecular weight is 286 g/mol. The standard InChI is InChI=1S/C17H22N2O2/c1-13-14(6-4-12-20)5-3-7-16(13)17(21)18-15-8-10-19(2)11-9-15/h3,5,7,15,20H,8-12H2,1-2H3,(H,18,21). The summed E-state index contributed by atoms with van der Waals surface area (Å²) in [5.41, 5.74) is 2.32. The highest BCUT2D eigenvalue weighted by Crippen LogP contribution is 2.15. The van der Waals surface area contributed by atoms with Crippen molar-refractivity contribution >= 4 is 5.91 Å². The van der Waals surface area contributed by atoms with E-state index >= 15 is 0 Å². The third kappa shape index (κ3) is 4.07. The van der Waals surface area contributed by atoms with Crippen molar-refractivity contribution in [1.29, 1.82) is 0 Å². The highest BCUT2D eigenvalue weighted by atomic mass is 16.2. The van der Waals surface area contributed by atoms with E-state index in [1.54, 1.807) is 0 Å². The summed E-state index contributed by atoms with van der Waals surface area (Å²) in [5, 5.41) is 11.9. The van der Waals surface area contributed by atoms with Crippen LogP contribution in [0.2, 0.25) is 0 Å². The Morgan fingerprint density at radius 3 is 2.81 bits per heavy atom. The molecule has 1 aliphatic rings. The quantitative estimate of drug-likeness (QED) is 0.802. The van der Waals surface area contributed by atoms with Crippen LogP contribution < -0.4 is 5.32 Å². The largest absolute Gasteiger partial charge is 0.384 e. The number of nitrogens with zero attached hydrogens (tertiary/aromatic N) is 1. The molecule has 4 heteroatoms. The number of nitrogens with one attached hydrogen (secondary N) is 1. The van der Waals surface area contributed by atoms with Crippen LogP contribution in [0.1, 0.15) is 34.3 Å². The number of carbonyl (C=O) groups excluding carboxylic acids is 1. The fourth-order valence-electron chi connectivity index (χ4n) is 2.57. The molecule has 0 saturated carbocycles. The number of piperidine rings is 1. The Morgan fingerprint density at radius 1 is 1.43 bits per heavy atom. The number of hydrogen-bond donors (Lipinski definition) is 2. The molecule has 0 spiro atoms. The number of rotatable bonds is 2. The smallest absolute Gasteiger partial charge is 0.251 e.